The molecule has 4 heteroatoms. The Hall–Kier alpha value is -0.800. The number of aryl methyl sites for hydroxylation is 1. The lowest BCUT2D eigenvalue weighted by molar-refractivity contribution is 0.356. The van der Waals surface area contributed by atoms with Crippen molar-refractivity contribution >= 4 is 11.6 Å². The van der Waals surface area contributed by atoms with Crippen molar-refractivity contribution in [1.29, 1.82) is 0 Å². The molecule has 1 saturated heterocycles. The third-order valence-electron chi connectivity index (χ3n) is 3.05. The van der Waals surface area contributed by atoms with Crippen molar-refractivity contribution in [2.24, 2.45) is 13.0 Å². The van der Waals surface area contributed by atoms with E-state index in [0.29, 0.717) is 0 Å². The number of aromatic nitrogens is 2. The first-order valence-electron chi connectivity index (χ1n) is 5.66. The third-order valence-corrected chi connectivity index (χ3v) is 3.17. The summed E-state index contributed by atoms with van der Waals surface area (Å²) in [5.41, 5.74) is 1.33. The number of likely N-dealkylation sites (tertiary alicyclic amines) is 1. The van der Waals surface area contributed by atoms with Gasteiger partial charge in [-0.3, -0.25) is 9.58 Å². The van der Waals surface area contributed by atoms with Gasteiger partial charge in [0.2, 0.25) is 0 Å². The second kappa shape index (κ2) is 5.02. The largest absolute Gasteiger partial charge is 0.298 e. The van der Waals surface area contributed by atoms with Gasteiger partial charge in [-0.15, -0.1) is 0 Å². The van der Waals surface area contributed by atoms with Crippen LogP contribution in [0.15, 0.2) is 24.0 Å². The average molecular weight is 240 g/mol. The average Bonchev–Trinajstić information content (AvgIpc) is 2.76. The smallest absolute Gasteiger partial charge is 0.0521 e. The maximum Gasteiger partial charge on any atom is 0.0521 e. The molecule has 2 rings (SSSR count). The summed E-state index contributed by atoms with van der Waals surface area (Å²) in [5, 5.41) is 4.93. The highest BCUT2D eigenvalue weighted by molar-refractivity contribution is 6.29. The second-order valence-electron chi connectivity index (χ2n) is 4.63. The van der Waals surface area contributed by atoms with Crippen LogP contribution in [-0.4, -0.2) is 34.3 Å². The fourth-order valence-corrected chi connectivity index (χ4v) is 2.55. The van der Waals surface area contributed by atoms with Gasteiger partial charge in [-0.2, -0.15) is 5.10 Å². The Morgan fingerprint density at radius 1 is 1.69 bits per heavy atom. The van der Waals surface area contributed by atoms with Crippen LogP contribution in [0.5, 0.6) is 0 Å². The Bertz CT molecular complexity index is 372. The number of hydrogen-bond acceptors (Lipinski definition) is 2. The zero-order chi connectivity index (χ0) is 11.5. The predicted octanol–water partition coefficient (Wildman–Crippen LogP) is 2.04. The summed E-state index contributed by atoms with van der Waals surface area (Å²) < 4.78 is 1.86. The molecule has 16 heavy (non-hydrogen) atoms. The maximum absolute atomic E-state index is 5.82. The minimum atomic E-state index is 0.736. The van der Waals surface area contributed by atoms with Gasteiger partial charge < -0.3 is 0 Å². The van der Waals surface area contributed by atoms with Crippen molar-refractivity contribution in [3.05, 3.63) is 29.6 Å². The van der Waals surface area contributed by atoms with Crippen LogP contribution in [0, 0.1) is 5.92 Å². The van der Waals surface area contributed by atoms with Crippen LogP contribution in [-0.2, 0) is 13.5 Å². The van der Waals surface area contributed by atoms with Gasteiger partial charge in [0.1, 0.15) is 0 Å². The first-order valence-corrected chi connectivity index (χ1v) is 6.04. The molecule has 0 amide bonds. The molecular formula is C12H18ClN3. The van der Waals surface area contributed by atoms with Crippen molar-refractivity contribution in [3.63, 3.8) is 0 Å². The third kappa shape index (κ3) is 3.09. The van der Waals surface area contributed by atoms with Gasteiger partial charge in [0.25, 0.3) is 0 Å². The quantitative estimate of drug-likeness (QED) is 0.802. The molecular weight excluding hydrogens is 222 g/mol. The molecule has 0 spiro atoms. The summed E-state index contributed by atoms with van der Waals surface area (Å²) in [6.07, 6.45) is 6.43. The molecule has 1 aliphatic heterocycles. The molecule has 0 unspecified atom stereocenters. The van der Waals surface area contributed by atoms with E-state index in [2.05, 4.69) is 22.8 Å². The minimum Gasteiger partial charge on any atom is -0.298 e. The van der Waals surface area contributed by atoms with E-state index in [1.165, 1.54) is 12.0 Å². The van der Waals surface area contributed by atoms with Gasteiger partial charge >= 0.3 is 0 Å². The lowest BCUT2D eigenvalue weighted by Crippen LogP contribution is -2.22. The van der Waals surface area contributed by atoms with Crippen molar-refractivity contribution < 1.29 is 0 Å². The molecule has 1 aromatic rings. The summed E-state index contributed by atoms with van der Waals surface area (Å²) in [5.74, 6) is 0.736. The number of rotatable bonds is 4. The Morgan fingerprint density at radius 3 is 3.12 bits per heavy atom. The van der Waals surface area contributed by atoms with Crippen LogP contribution in [0.4, 0.5) is 0 Å². The van der Waals surface area contributed by atoms with Crippen LogP contribution in [0.1, 0.15) is 12.0 Å². The van der Waals surface area contributed by atoms with E-state index in [4.69, 9.17) is 11.6 Å². The van der Waals surface area contributed by atoms with E-state index in [1.54, 1.807) is 0 Å². The van der Waals surface area contributed by atoms with E-state index in [9.17, 15) is 0 Å². The molecule has 2 heterocycles. The molecule has 0 bridgehead atoms. The standard InChI is InChI=1S/C12H18ClN3/c1-10(13)7-16-4-3-11(9-16)5-12-6-14-15(2)8-12/h6,8,11H,1,3-5,7,9H2,2H3/t11-/m0/s1. The highest BCUT2D eigenvalue weighted by atomic mass is 35.5. The van der Waals surface area contributed by atoms with Crippen LogP contribution in [0.25, 0.3) is 0 Å². The summed E-state index contributed by atoms with van der Waals surface area (Å²) in [7, 11) is 1.96. The Kier molecular flexibility index (Phi) is 3.66. The van der Waals surface area contributed by atoms with Crippen LogP contribution >= 0.6 is 11.6 Å². The van der Waals surface area contributed by atoms with Gasteiger partial charge in [0.05, 0.1) is 6.20 Å². The molecule has 0 saturated carbocycles. The molecule has 3 nitrogen and oxygen atoms in total. The molecule has 88 valence electrons. The summed E-state index contributed by atoms with van der Waals surface area (Å²) >= 11 is 5.82. The van der Waals surface area contributed by atoms with Gasteiger partial charge in [0.15, 0.2) is 0 Å². The first kappa shape index (κ1) is 11.7. The summed E-state index contributed by atoms with van der Waals surface area (Å²) in [4.78, 5) is 2.37. The van der Waals surface area contributed by atoms with E-state index >= 15 is 0 Å². The molecule has 0 aromatic carbocycles. The van der Waals surface area contributed by atoms with Gasteiger partial charge in [-0.1, -0.05) is 18.2 Å². The van der Waals surface area contributed by atoms with Crippen LogP contribution in [0.2, 0.25) is 0 Å². The highest BCUT2D eigenvalue weighted by Gasteiger charge is 2.22. The lowest BCUT2D eigenvalue weighted by atomic mass is 10.0. The molecule has 1 fully saturated rings. The summed E-state index contributed by atoms with van der Waals surface area (Å²) in [6, 6.07) is 0. The second-order valence-corrected chi connectivity index (χ2v) is 5.17. The Morgan fingerprint density at radius 2 is 2.50 bits per heavy atom. The lowest BCUT2D eigenvalue weighted by Gasteiger charge is -2.14. The molecule has 0 N–H and O–H groups in total. The van der Waals surface area contributed by atoms with Crippen LogP contribution < -0.4 is 0 Å². The monoisotopic (exact) mass is 239 g/mol. The zero-order valence-corrected chi connectivity index (χ0v) is 10.5. The van der Waals surface area contributed by atoms with E-state index in [0.717, 1.165) is 37.0 Å². The van der Waals surface area contributed by atoms with E-state index in [1.807, 2.05) is 17.9 Å². The first-order chi connectivity index (χ1) is 7.63. The number of hydrogen-bond donors (Lipinski definition) is 0. The van der Waals surface area contributed by atoms with E-state index in [-0.39, 0.29) is 0 Å². The van der Waals surface area contributed by atoms with Crippen molar-refractivity contribution in [2.75, 3.05) is 19.6 Å². The Balaban J connectivity index is 1.82. The SMILES string of the molecule is C=C(Cl)CN1CC[C@@H](Cc2cnn(C)c2)C1. The Labute approximate surface area is 102 Å². The minimum absolute atomic E-state index is 0.736. The fourth-order valence-electron chi connectivity index (χ4n) is 2.38. The topological polar surface area (TPSA) is 21.1 Å². The van der Waals surface area contributed by atoms with Gasteiger partial charge in [-0.25, -0.2) is 0 Å². The predicted molar refractivity (Wildman–Crippen MR) is 66.5 cm³/mol. The number of halogens is 1. The van der Waals surface area contributed by atoms with Gasteiger partial charge in [-0.05, 0) is 30.9 Å². The molecule has 0 radical (unpaired) electrons. The fraction of sp³-hybridized carbons (Fsp3) is 0.583. The van der Waals surface area contributed by atoms with E-state index < -0.39 is 0 Å². The molecule has 1 aliphatic rings. The number of nitrogens with zero attached hydrogens (tertiary/aromatic N) is 3. The maximum atomic E-state index is 5.82. The zero-order valence-electron chi connectivity index (χ0n) is 9.69. The van der Waals surface area contributed by atoms with Gasteiger partial charge in [0, 0.05) is 31.4 Å². The summed E-state index contributed by atoms with van der Waals surface area (Å²) in [6.45, 7) is 6.83. The molecule has 1 atom stereocenters. The van der Waals surface area contributed by atoms with Crippen molar-refractivity contribution in [2.45, 2.75) is 12.8 Å². The highest BCUT2D eigenvalue weighted by Crippen LogP contribution is 2.21. The molecule has 1 aromatic heterocycles. The van der Waals surface area contributed by atoms with Crippen LogP contribution in [0.3, 0.4) is 0 Å². The van der Waals surface area contributed by atoms with Crippen molar-refractivity contribution in [1.82, 2.24) is 14.7 Å². The molecule has 0 aliphatic carbocycles. The van der Waals surface area contributed by atoms with Crippen molar-refractivity contribution in [3.8, 4) is 0 Å². The normalized spacial score (nSPS) is 21.5.